The maximum absolute atomic E-state index is 13.0. The van der Waals surface area contributed by atoms with Gasteiger partial charge in [-0.25, -0.2) is 9.97 Å². The molecule has 0 aliphatic carbocycles. The Kier molecular flexibility index (Phi) is 19.6. The van der Waals surface area contributed by atoms with Crippen molar-refractivity contribution in [1.29, 1.82) is 0 Å². The number of alkyl halides is 1. The quantitative estimate of drug-likeness (QED) is 0.102. The van der Waals surface area contributed by atoms with Gasteiger partial charge in [0.2, 0.25) is 0 Å². The molecule has 2 saturated heterocycles. The fourth-order valence-corrected chi connectivity index (χ4v) is 7.71. The molecule has 0 atom stereocenters. The lowest BCUT2D eigenvalue weighted by molar-refractivity contribution is 0.277. The predicted molar refractivity (Wildman–Crippen MR) is 269 cm³/mol. The van der Waals surface area contributed by atoms with E-state index in [2.05, 4.69) is 125 Å². The van der Waals surface area contributed by atoms with Crippen LogP contribution in [0.2, 0.25) is 0 Å². The summed E-state index contributed by atoms with van der Waals surface area (Å²) in [5.41, 5.74) is 4.99. The number of H-pyrrole nitrogens is 1. The molecule has 8 rings (SSSR count). The first-order valence-electron chi connectivity index (χ1n) is 22.2. The molecule has 0 bridgehead atoms. The summed E-state index contributed by atoms with van der Waals surface area (Å²) >= 11 is 3.28. The van der Waals surface area contributed by atoms with Crippen LogP contribution in [0.15, 0.2) is 167 Å². The first-order chi connectivity index (χ1) is 31.8. The van der Waals surface area contributed by atoms with Crippen LogP contribution in [-0.4, -0.2) is 113 Å². The maximum Gasteiger partial charge on any atom is 0.293 e. The second kappa shape index (κ2) is 26.5. The lowest BCUT2D eigenvalue weighted by atomic mass is 10.1. The van der Waals surface area contributed by atoms with Gasteiger partial charge in [-0.15, -0.1) is 0 Å². The van der Waals surface area contributed by atoms with Gasteiger partial charge >= 0.3 is 0 Å². The number of nitrogens with one attached hydrogen (secondary N) is 1. The third kappa shape index (κ3) is 16.3. The van der Waals surface area contributed by atoms with Gasteiger partial charge in [0.1, 0.15) is 18.1 Å². The summed E-state index contributed by atoms with van der Waals surface area (Å²) < 4.78 is 12.7. The van der Waals surface area contributed by atoms with Crippen LogP contribution >= 0.6 is 15.9 Å². The van der Waals surface area contributed by atoms with E-state index in [0.29, 0.717) is 24.8 Å². The molecule has 0 amide bonds. The van der Waals surface area contributed by atoms with Crippen LogP contribution in [0, 0.1) is 0 Å². The Morgan fingerprint density at radius 3 is 1.52 bits per heavy atom. The highest BCUT2D eigenvalue weighted by atomic mass is 79.9. The molecule has 65 heavy (non-hydrogen) atoms. The molecule has 12 nitrogen and oxygen atoms in total. The number of para-hydroxylation sites is 2. The molecule has 340 valence electrons. The molecule has 4 aromatic carbocycles. The van der Waals surface area contributed by atoms with E-state index in [1.54, 1.807) is 29.4 Å². The van der Waals surface area contributed by atoms with E-state index >= 15 is 0 Å². The van der Waals surface area contributed by atoms with E-state index in [4.69, 9.17) is 9.47 Å². The smallest absolute Gasteiger partial charge is 0.293 e. The van der Waals surface area contributed by atoms with E-state index in [0.717, 1.165) is 88.9 Å². The first kappa shape index (κ1) is 48.2. The van der Waals surface area contributed by atoms with Gasteiger partial charge in [0.05, 0.1) is 13.2 Å². The zero-order valence-electron chi connectivity index (χ0n) is 37.6. The molecule has 2 fully saturated rings. The van der Waals surface area contributed by atoms with Crippen molar-refractivity contribution >= 4 is 39.7 Å². The molecule has 0 spiro atoms. The normalized spacial score (nSPS) is 14.7. The highest BCUT2D eigenvalue weighted by molar-refractivity contribution is 9.09. The number of hydrogen-bond donors (Lipinski definition) is 1. The number of benzene rings is 4. The van der Waals surface area contributed by atoms with Crippen LogP contribution < -0.4 is 30.4 Å². The van der Waals surface area contributed by atoms with Crippen molar-refractivity contribution in [2.45, 2.75) is 20.4 Å². The molecular weight excluding hydrogens is 881 g/mol. The van der Waals surface area contributed by atoms with Gasteiger partial charge in [0.15, 0.2) is 11.6 Å². The first-order valence-corrected chi connectivity index (χ1v) is 23.4. The highest BCUT2D eigenvalue weighted by Crippen LogP contribution is 2.15. The standard InChI is InChI=1S/C26H30N4O2.C18H22N4O.C8H9BrO/c1-22(20-23-8-4-2-5-9-23)21-28-14-16-29(17-15-28)25-26(31)30(13-12-27-25)18-19-32-24-10-6-3-7-11-24;1-15(13-16-5-3-2-4-6-16)14-21-9-11-22(12-10-21)17-18(23)20-8-7-19-17;9-6-7-10-8-4-2-1-3-5-8/h2-13,20H,14-19,21H2,1H3;2-8,13H,9-12,14H2,1H3,(H,20,23);1-5H,6-7H2/b22-20+;15-13+;. The maximum atomic E-state index is 13.0. The SMILES string of the molecule is BrCCOc1ccccc1.C/C(=C\c1ccccc1)CN1CCN(c2ncc[nH]c2=O)CC1.C/C(=C\c1ccccc1)CN1CCN(c2nccn(CCOc3ccccc3)c2=O)CC1. The lowest BCUT2D eigenvalue weighted by Gasteiger charge is -2.35. The minimum absolute atomic E-state index is 0.0576. The molecule has 0 radical (unpaired) electrons. The van der Waals surface area contributed by atoms with Crippen molar-refractivity contribution in [2.75, 3.05) is 93.8 Å². The van der Waals surface area contributed by atoms with Crippen LogP contribution in [0.3, 0.4) is 0 Å². The van der Waals surface area contributed by atoms with Crippen molar-refractivity contribution < 1.29 is 9.47 Å². The molecule has 6 aromatic rings. The third-order valence-electron chi connectivity index (χ3n) is 10.7. The number of aromatic nitrogens is 4. The summed E-state index contributed by atoms with van der Waals surface area (Å²) in [6.45, 7) is 14.9. The summed E-state index contributed by atoms with van der Waals surface area (Å²) in [5.74, 6) is 2.80. The average Bonchev–Trinajstić information content (AvgIpc) is 3.34. The Hall–Kier alpha value is -6.28. The Balaban J connectivity index is 0.000000184. The Morgan fingerprint density at radius 1 is 0.600 bits per heavy atom. The van der Waals surface area contributed by atoms with Gasteiger partial charge in [-0.1, -0.05) is 136 Å². The van der Waals surface area contributed by atoms with Crippen molar-refractivity contribution in [1.82, 2.24) is 29.3 Å². The number of halogens is 1. The fourth-order valence-electron chi connectivity index (χ4n) is 7.55. The average molecular weight is 942 g/mol. The molecule has 2 aromatic heterocycles. The van der Waals surface area contributed by atoms with Crippen LogP contribution in [0.1, 0.15) is 25.0 Å². The molecular formula is C52H61BrN8O4. The van der Waals surface area contributed by atoms with Crippen molar-refractivity contribution in [3.05, 3.63) is 189 Å². The molecule has 2 aliphatic rings. The van der Waals surface area contributed by atoms with Crippen LogP contribution in [0.4, 0.5) is 11.6 Å². The van der Waals surface area contributed by atoms with Crippen LogP contribution in [0.5, 0.6) is 11.5 Å². The summed E-state index contributed by atoms with van der Waals surface area (Å²) in [6.07, 6.45) is 11.1. The number of aromatic amines is 1. The highest BCUT2D eigenvalue weighted by Gasteiger charge is 2.22. The van der Waals surface area contributed by atoms with Crippen molar-refractivity contribution in [3.8, 4) is 11.5 Å². The Bertz CT molecular complexity index is 2450. The van der Waals surface area contributed by atoms with E-state index < -0.39 is 0 Å². The number of piperazine rings is 2. The fraction of sp³-hybridized carbons (Fsp3) is 0.308. The summed E-state index contributed by atoms with van der Waals surface area (Å²) in [5, 5.41) is 0.877. The van der Waals surface area contributed by atoms with Gasteiger partial charge in [-0.3, -0.25) is 19.4 Å². The van der Waals surface area contributed by atoms with Crippen LogP contribution in [-0.2, 0) is 6.54 Å². The summed E-state index contributed by atoms with van der Waals surface area (Å²) in [4.78, 5) is 45.0. The largest absolute Gasteiger partial charge is 0.493 e. The Morgan fingerprint density at radius 2 is 1.05 bits per heavy atom. The zero-order valence-corrected chi connectivity index (χ0v) is 39.1. The van der Waals surface area contributed by atoms with Gasteiger partial charge < -0.3 is 28.8 Å². The van der Waals surface area contributed by atoms with Crippen molar-refractivity contribution in [3.63, 3.8) is 0 Å². The molecule has 2 aliphatic heterocycles. The van der Waals surface area contributed by atoms with E-state index in [1.165, 1.54) is 22.3 Å². The molecule has 4 heterocycles. The molecule has 0 unspecified atom stereocenters. The summed E-state index contributed by atoms with van der Waals surface area (Å²) in [6, 6.07) is 40.2. The van der Waals surface area contributed by atoms with Gasteiger partial charge in [0.25, 0.3) is 11.1 Å². The van der Waals surface area contributed by atoms with Crippen molar-refractivity contribution in [2.24, 2.45) is 0 Å². The molecule has 1 N–H and O–H groups in total. The number of ether oxygens (including phenoxy) is 2. The second-order valence-electron chi connectivity index (χ2n) is 15.8. The number of hydrogen-bond acceptors (Lipinski definition) is 10. The number of anilines is 2. The van der Waals surface area contributed by atoms with Gasteiger partial charge in [-0.2, -0.15) is 0 Å². The third-order valence-corrected chi connectivity index (χ3v) is 11.1. The van der Waals surface area contributed by atoms with Gasteiger partial charge in [-0.05, 0) is 49.2 Å². The minimum Gasteiger partial charge on any atom is -0.493 e. The van der Waals surface area contributed by atoms with E-state index in [1.807, 2.05) is 72.8 Å². The number of nitrogens with zero attached hydrogens (tertiary/aromatic N) is 7. The van der Waals surface area contributed by atoms with Crippen LogP contribution in [0.25, 0.3) is 12.2 Å². The number of rotatable bonds is 15. The summed E-state index contributed by atoms with van der Waals surface area (Å²) in [7, 11) is 0. The topological polar surface area (TPSA) is 112 Å². The molecule has 0 saturated carbocycles. The van der Waals surface area contributed by atoms with E-state index in [-0.39, 0.29) is 11.1 Å². The lowest BCUT2D eigenvalue weighted by Crippen LogP contribution is -2.49. The monoisotopic (exact) mass is 940 g/mol. The molecule has 13 heteroatoms. The van der Waals surface area contributed by atoms with E-state index in [9.17, 15) is 9.59 Å². The van der Waals surface area contributed by atoms with Gasteiger partial charge in [0, 0.05) is 95.6 Å². The minimum atomic E-state index is -0.110. The predicted octanol–water partition coefficient (Wildman–Crippen LogP) is 8.00. The Labute approximate surface area is 391 Å². The second-order valence-corrected chi connectivity index (χ2v) is 16.6. The zero-order chi connectivity index (χ0) is 45.5.